The van der Waals surface area contributed by atoms with Crippen LogP contribution in [0.15, 0.2) is 78.9 Å². The van der Waals surface area contributed by atoms with Crippen molar-refractivity contribution in [3.8, 4) is 11.5 Å². The molecule has 0 unspecified atom stereocenters. The third-order valence-electron chi connectivity index (χ3n) is 8.08. The Kier molecular flexibility index (Phi) is 11.3. The number of carbonyl (C=O) groups excluding carboxylic acids is 2. The lowest BCUT2D eigenvalue weighted by atomic mass is 10.1. The van der Waals surface area contributed by atoms with Crippen LogP contribution in [0, 0.1) is 0 Å². The van der Waals surface area contributed by atoms with Crippen LogP contribution in [-0.2, 0) is 9.59 Å². The largest absolute Gasteiger partial charge is 0.494 e. The summed E-state index contributed by atoms with van der Waals surface area (Å²) in [6, 6.07) is 24.5. The number of carbonyl (C=O) groups is 2. The number of rotatable bonds is 14. The molecule has 1 atom stereocenters. The lowest BCUT2D eigenvalue weighted by Crippen LogP contribution is -2.47. The van der Waals surface area contributed by atoms with Crippen molar-refractivity contribution in [2.45, 2.75) is 39.2 Å². The summed E-state index contributed by atoms with van der Waals surface area (Å²) in [6.45, 7) is 10.6. The molecule has 9 nitrogen and oxygen atoms in total. The molecule has 45 heavy (non-hydrogen) atoms. The molecule has 0 aliphatic carbocycles. The molecule has 0 saturated carbocycles. The molecule has 2 saturated heterocycles. The molecule has 238 valence electrons. The summed E-state index contributed by atoms with van der Waals surface area (Å²) >= 11 is 5.89. The van der Waals surface area contributed by atoms with Crippen LogP contribution in [0.3, 0.4) is 0 Å². The minimum Gasteiger partial charge on any atom is -0.494 e. The van der Waals surface area contributed by atoms with Crippen LogP contribution in [-0.4, -0.2) is 85.3 Å². The summed E-state index contributed by atoms with van der Waals surface area (Å²) in [6.07, 6.45) is 1.74. The van der Waals surface area contributed by atoms with E-state index < -0.39 is 6.04 Å². The summed E-state index contributed by atoms with van der Waals surface area (Å²) < 4.78 is 11.2. The SMILES string of the molecule is CCCOc1ccc(NC(=O)C[C@H]2C(=O)N(c3ccc(OCC)cc3)C(=S)N2CCCN2CCN(c3ccccc3)CC2)cc1. The summed E-state index contributed by atoms with van der Waals surface area (Å²) in [5.41, 5.74) is 2.58. The molecule has 2 heterocycles. The van der Waals surface area contributed by atoms with E-state index >= 15 is 0 Å². The molecular weight excluding hydrogens is 586 g/mol. The van der Waals surface area contributed by atoms with E-state index in [1.165, 1.54) is 5.69 Å². The van der Waals surface area contributed by atoms with Crippen molar-refractivity contribution in [3.05, 3.63) is 78.9 Å². The Morgan fingerprint density at radius 2 is 1.51 bits per heavy atom. The average Bonchev–Trinajstić information content (AvgIpc) is 3.29. The molecule has 10 heteroatoms. The molecular formula is C35H43N5O4S. The summed E-state index contributed by atoms with van der Waals surface area (Å²) in [5, 5.41) is 3.37. The van der Waals surface area contributed by atoms with Gasteiger partial charge in [0.05, 0.1) is 25.3 Å². The van der Waals surface area contributed by atoms with E-state index in [1.807, 2.05) is 66.4 Å². The number of nitrogens with one attached hydrogen (secondary N) is 1. The van der Waals surface area contributed by atoms with Gasteiger partial charge in [-0.3, -0.25) is 19.4 Å². The molecule has 2 aliphatic rings. The number of piperazine rings is 1. The number of amides is 2. The summed E-state index contributed by atoms with van der Waals surface area (Å²) in [4.78, 5) is 35.5. The zero-order valence-electron chi connectivity index (χ0n) is 26.2. The number of para-hydroxylation sites is 1. The Bertz CT molecular complexity index is 1410. The van der Waals surface area contributed by atoms with E-state index in [9.17, 15) is 9.59 Å². The number of nitrogens with zero attached hydrogens (tertiary/aromatic N) is 4. The van der Waals surface area contributed by atoms with Gasteiger partial charge in [-0.05, 0) is 99.2 Å². The highest BCUT2D eigenvalue weighted by atomic mass is 32.1. The van der Waals surface area contributed by atoms with Crippen molar-refractivity contribution in [2.75, 3.05) is 67.6 Å². The third-order valence-corrected chi connectivity index (χ3v) is 8.50. The maximum absolute atomic E-state index is 13.9. The van der Waals surface area contributed by atoms with E-state index in [0.717, 1.165) is 57.1 Å². The zero-order valence-corrected chi connectivity index (χ0v) is 27.0. The molecule has 5 rings (SSSR count). The van der Waals surface area contributed by atoms with Crippen molar-refractivity contribution in [2.24, 2.45) is 0 Å². The van der Waals surface area contributed by atoms with E-state index in [2.05, 4.69) is 46.3 Å². The first kappa shape index (κ1) is 32.2. The van der Waals surface area contributed by atoms with Gasteiger partial charge < -0.3 is 24.6 Å². The first-order valence-electron chi connectivity index (χ1n) is 15.9. The standard InChI is InChI=1S/C35H43N5O4S/c1-3-25-44-31-15-11-27(12-16-31)36-33(41)26-32-34(42)40(29-13-17-30(18-14-29)43-4-2)35(45)39(32)20-8-19-37-21-23-38(24-22-37)28-9-6-5-7-10-28/h5-7,9-18,32H,3-4,8,19-26H2,1-2H3,(H,36,41)/t32-/m0/s1. The van der Waals surface area contributed by atoms with Crippen molar-refractivity contribution in [3.63, 3.8) is 0 Å². The van der Waals surface area contributed by atoms with Crippen LogP contribution >= 0.6 is 12.2 Å². The second kappa shape index (κ2) is 15.7. The van der Waals surface area contributed by atoms with Crippen LogP contribution < -0.4 is 24.6 Å². The average molecular weight is 630 g/mol. The molecule has 0 spiro atoms. The van der Waals surface area contributed by atoms with Crippen LogP contribution in [0.1, 0.15) is 33.1 Å². The number of ether oxygens (including phenoxy) is 2. The molecule has 2 aliphatic heterocycles. The fourth-order valence-electron chi connectivity index (χ4n) is 5.76. The number of hydrogen-bond acceptors (Lipinski definition) is 7. The molecule has 3 aromatic rings. The monoisotopic (exact) mass is 629 g/mol. The summed E-state index contributed by atoms with van der Waals surface area (Å²) in [7, 11) is 0. The Morgan fingerprint density at radius 3 is 2.18 bits per heavy atom. The highest BCUT2D eigenvalue weighted by molar-refractivity contribution is 7.80. The van der Waals surface area contributed by atoms with Gasteiger partial charge in [0.2, 0.25) is 5.91 Å². The van der Waals surface area contributed by atoms with Crippen LogP contribution in [0.5, 0.6) is 11.5 Å². The number of hydrogen-bond donors (Lipinski definition) is 1. The molecule has 2 fully saturated rings. The predicted octanol–water partition coefficient (Wildman–Crippen LogP) is 5.42. The highest BCUT2D eigenvalue weighted by Gasteiger charge is 2.44. The minimum absolute atomic E-state index is 0.00363. The molecule has 0 radical (unpaired) electrons. The van der Waals surface area contributed by atoms with Crippen molar-refractivity contribution >= 4 is 46.2 Å². The van der Waals surface area contributed by atoms with E-state index in [0.29, 0.717) is 36.2 Å². The maximum atomic E-state index is 13.9. The van der Waals surface area contributed by atoms with Gasteiger partial charge in [0, 0.05) is 44.1 Å². The minimum atomic E-state index is -0.689. The molecule has 1 N–H and O–H groups in total. The predicted molar refractivity (Wildman–Crippen MR) is 183 cm³/mol. The first-order valence-corrected chi connectivity index (χ1v) is 16.3. The fraction of sp³-hybridized carbons (Fsp3) is 0.400. The van der Waals surface area contributed by atoms with Crippen molar-refractivity contribution in [1.29, 1.82) is 0 Å². The van der Waals surface area contributed by atoms with Gasteiger partial charge in [-0.25, -0.2) is 0 Å². The van der Waals surface area contributed by atoms with E-state index in [1.54, 1.807) is 4.90 Å². The van der Waals surface area contributed by atoms with Gasteiger partial charge in [0.15, 0.2) is 5.11 Å². The van der Waals surface area contributed by atoms with Gasteiger partial charge in [-0.2, -0.15) is 0 Å². The van der Waals surface area contributed by atoms with E-state index in [4.69, 9.17) is 21.7 Å². The van der Waals surface area contributed by atoms with Gasteiger partial charge in [0.25, 0.3) is 5.91 Å². The van der Waals surface area contributed by atoms with Gasteiger partial charge in [0.1, 0.15) is 17.5 Å². The Hall–Kier alpha value is -4.15. The van der Waals surface area contributed by atoms with Gasteiger partial charge in [-0.15, -0.1) is 0 Å². The Labute approximate surface area is 271 Å². The smallest absolute Gasteiger partial charge is 0.256 e. The normalized spacial score (nSPS) is 17.1. The maximum Gasteiger partial charge on any atom is 0.256 e. The lowest BCUT2D eigenvalue weighted by molar-refractivity contribution is -0.124. The molecule has 3 aromatic carbocycles. The number of benzene rings is 3. The Morgan fingerprint density at radius 1 is 0.844 bits per heavy atom. The second-order valence-electron chi connectivity index (χ2n) is 11.2. The van der Waals surface area contributed by atoms with Crippen molar-refractivity contribution < 1.29 is 19.1 Å². The summed E-state index contributed by atoms with van der Waals surface area (Å²) in [5.74, 6) is 1.04. The van der Waals surface area contributed by atoms with E-state index in [-0.39, 0.29) is 18.2 Å². The second-order valence-corrected chi connectivity index (χ2v) is 11.6. The fourth-order valence-corrected chi connectivity index (χ4v) is 6.17. The number of anilines is 3. The Balaban J connectivity index is 1.22. The van der Waals surface area contributed by atoms with Gasteiger partial charge in [-0.1, -0.05) is 25.1 Å². The van der Waals surface area contributed by atoms with Crippen molar-refractivity contribution in [1.82, 2.24) is 9.80 Å². The van der Waals surface area contributed by atoms with Crippen LogP contribution in [0.4, 0.5) is 17.1 Å². The molecule has 0 aromatic heterocycles. The van der Waals surface area contributed by atoms with Gasteiger partial charge >= 0.3 is 0 Å². The first-order chi connectivity index (χ1) is 22.0. The molecule has 2 amide bonds. The quantitative estimate of drug-likeness (QED) is 0.237. The topological polar surface area (TPSA) is 77.6 Å². The zero-order chi connectivity index (χ0) is 31.6. The molecule has 0 bridgehead atoms. The lowest BCUT2D eigenvalue weighted by Gasteiger charge is -2.36. The third kappa shape index (κ3) is 8.32. The van der Waals surface area contributed by atoms with Crippen LogP contribution in [0.2, 0.25) is 0 Å². The van der Waals surface area contributed by atoms with Crippen LogP contribution in [0.25, 0.3) is 0 Å². The highest BCUT2D eigenvalue weighted by Crippen LogP contribution is 2.29. The number of thiocarbonyl (C=S) groups is 1.